The number of nitrogens with two attached hydrogens (primary N) is 1. The Morgan fingerprint density at radius 3 is 2.30 bits per heavy atom. The molecule has 4 nitrogen and oxygen atoms in total. The third kappa shape index (κ3) is 2.90. The van der Waals surface area contributed by atoms with E-state index in [2.05, 4.69) is 18.7 Å². The van der Waals surface area contributed by atoms with Crippen LogP contribution in [0, 0.1) is 11.6 Å². The molecule has 0 saturated carbocycles. The molecule has 0 bridgehead atoms. The van der Waals surface area contributed by atoms with Crippen molar-refractivity contribution in [1.82, 2.24) is 9.80 Å². The molecular weight excluding hydrogens is 264 g/mol. The molecule has 1 saturated heterocycles. The van der Waals surface area contributed by atoms with Crippen molar-refractivity contribution in [2.75, 3.05) is 31.9 Å². The zero-order valence-corrected chi connectivity index (χ0v) is 11.7. The van der Waals surface area contributed by atoms with Crippen LogP contribution in [0.15, 0.2) is 12.1 Å². The van der Waals surface area contributed by atoms with Gasteiger partial charge in [-0.25, -0.2) is 8.78 Å². The standard InChI is InChI=1S/C14H19F2N3O/c1-9(2)18-3-5-19(6-4-18)14(20)10-7-13(17)12(16)8-11(10)15/h7-9H,3-6,17H2,1-2H3. The van der Waals surface area contributed by atoms with Gasteiger partial charge in [0.15, 0.2) is 0 Å². The number of anilines is 1. The van der Waals surface area contributed by atoms with E-state index in [1.54, 1.807) is 4.90 Å². The van der Waals surface area contributed by atoms with E-state index in [9.17, 15) is 13.6 Å². The van der Waals surface area contributed by atoms with Crippen LogP contribution in [0.1, 0.15) is 24.2 Å². The van der Waals surface area contributed by atoms with Crippen molar-refractivity contribution in [3.63, 3.8) is 0 Å². The molecule has 0 aliphatic carbocycles. The van der Waals surface area contributed by atoms with E-state index in [1.165, 1.54) is 0 Å². The summed E-state index contributed by atoms with van der Waals surface area (Å²) < 4.78 is 26.8. The number of benzene rings is 1. The molecule has 6 heteroatoms. The van der Waals surface area contributed by atoms with Gasteiger partial charge in [0.2, 0.25) is 0 Å². The van der Waals surface area contributed by atoms with Gasteiger partial charge in [-0.2, -0.15) is 0 Å². The summed E-state index contributed by atoms with van der Waals surface area (Å²) in [5.74, 6) is -2.14. The summed E-state index contributed by atoms with van der Waals surface area (Å²) in [5.41, 5.74) is 5.02. The minimum Gasteiger partial charge on any atom is -0.396 e. The highest BCUT2D eigenvalue weighted by Crippen LogP contribution is 2.19. The summed E-state index contributed by atoms with van der Waals surface area (Å²) >= 11 is 0. The van der Waals surface area contributed by atoms with Gasteiger partial charge in [-0.3, -0.25) is 9.69 Å². The van der Waals surface area contributed by atoms with Crippen LogP contribution in [-0.2, 0) is 0 Å². The van der Waals surface area contributed by atoms with E-state index >= 15 is 0 Å². The van der Waals surface area contributed by atoms with Gasteiger partial charge in [-0.15, -0.1) is 0 Å². The lowest BCUT2D eigenvalue weighted by Crippen LogP contribution is -2.50. The van der Waals surface area contributed by atoms with Crippen LogP contribution in [0.3, 0.4) is 0 Å². The molecule has 1 fully saturated rings. The van der Waals surface area contributed by atoms with Gasteiger partial charge in [-0.05, 0) is 19.9 Å². The van der Waals surface area contributed by atoms with Crippen molar-refractivity contribution >= 4 is 11.6 Å². The summed E-state index contributed by atoms with van der Waals surface area (Å²) in [6.45, 7) is 6.76. The smallest absolute Gasteiger partial charge is 0.256 e. The number of carbonyl (C=O) groups excluding carboxylic acids is 1. The van der Waals surface area contributed by atoms with Crippen LogP contribution in [0.25, 0.3) is 0 Å². The van der Waals surface area contributed by atoms with E-state index in [4.69, 9.17) is 5.73 Å². The normalized spacial score (nSPS) is 16.8. The van der Waals surface area contributed by atoms with E-state index in [0.29, 0.717) is 25.2 Å². The molecule has 1 aliphatic heterocycles. The van der Waals surface area contributed by atoms with Crippen molar-refractivity contribution in [2.45, 2.75) is 19.9 Å². The molecule has 110 valence electrons. The molecule has 1 aliphatic rings. The predicted octanol–water partition coefficient (Wildman–Crippen LogP) is 1.71. The first-order valence-corrected chi connectivity index (χ1v) is 6.68. The van der Waals surface area contributed by atoms with Gasteiger partial charge in [0.1, 0.15) is 11.6 Å². The second-order valence-corrected chi connectivity index (χ2v) is 5.28. The van der Waals surface area contributed by atoms with Crippen LogP contribution >= 0.6 is 0 Å². The molecule has 0 radical (unpaired) electrons. The molecule has 0 atom stereocenters. The SMILES string of the molecule is CC(C)N1CCN(C(=O)c2cc(N)c(F)cc2F)CC1. The minimum atomic E-state index is -0.868. The fourth-order valence-corrected chi connectivity index (χ4v) is 2.34. The maximum atomic E-state index is 13.7. The van der Waals surface area contributed by atoms with Crippen molar-refractivity contribution in [1.29, 1.82) is 0 Å². The Balaban J connectivity index is 2.11. The predicted molar refractivity (Wildman–Crippen MR) is 73.4 cm³/mol. The van der Waals surface area contributed by atoms with E-state index in [1.807, 2.05) is 0 Å². The fraction of sp³-hybridized carbons (Fsp3) is 0.500. The van der Waals surface area contributed by atoms with Gasteiger partial charge in [0.05, 0.1) is 11.3 Å². The molecule has 1 aromatic carbocycles. The number of nitrogen functional groups attached to an aromatic ring is 1. The average molecular weight is 283 g/mol. The number of amides is 1. The molecule has 20 heavy (non-hydrogen) atoms. The summed E-state index contributed by atoms with van der Waals surface area (Å²) in [6, 6.07) is 2.15. The Kier molecular flexibility index (Phi) is 4.23. The lowest BCUT2D eigenvalue weighted by atomic mass is 10.1. The Morgan fingerprint density at radius 1 is 1.15 bits per heavy atom. The lowest BCUT2D eigenvalue weighted by Gasteiger charge is -2.37. The van der Waals surface area contributed by atoms with Gasteiger partial charge < -0.3 is 10.6 Å². The van der Waals surface area contributed by atoms with Crippen molar-refractivity contribution in [3.05, 3.63) is 29.3 Å². The summed E-state index contributed by atoms with van der Waals surface area (Å²) in [5, 5.41) is 0. The summed E-state index contributed by atoms with van der Waals surface area (Å²) in [4.78, 5) is 16.1. The number of piperazine rings is 1. The van der Waals surface area contributed by atoms with Crippen molar-refractivity contribution in [3.8, 4) is 0 Å². The third-order valence-electron chi connectivity index (χ3n) is 3.65. The maximum absolute atomic E-state index is 13.7. The number of nitrogens with zero attached hydrogens (tertiary/aromatic N) is 2. The molecule has 1 amide bonds. The maximum Gasteiger partial charge on any atom is 0.256 e. The highest BCUT2D eigenvalue weighted by molar-refractivity contribution is 5.95. The van der Waals surface area contributed by atoms with E-state index < -0.39 is 17.5 Å². The quantitative estimate of drug-likeness (QED) is 0.841. The van der Waals surface area contributed by atoms with Gasteiger partial charge >= 0.3 is 0 Å². The number of hydrogen-bond donors (Lipinski definition) is 1. The third-order valence-corrected chi connectivity index (χ3v) is 3.65. The first-order valence-electron chi connectivity index (χ1n) is 6.68. The van der Waals surface area contributed by atoms with Crippen molar-refractivity contribution < 1.29 is 13.6 Å². The number of halogens is 2. The minimum absolute atomic E-state index is 0.165. The summed E-state index contributed by atoms with van der Waals surface area (Å²) in [6.07, 6.45) is 0. The molecule has 0 aromatic heterocycles. The lowest BCUT2D eigenvalue weighted by molar-refractivity contribution is 0.0591. The van der Waals surface area contributed by atoms with Crippen LogP contribution < -0.4 is 5.73 Å². The van der Waals surface area contributed by atoms with Gasteiger partial charge in [-0.1, -0.05) is 0 Å². The first-order chi connectivity index (χ1) is 9.40. The fourth-order valence-electron chi connectivity index (χ4n) is 2.34. The second kappa shape index (κ2) is 5.75. The van der Waals surface area contributed by atoms with Crippen LogP contribution in [0.2, 0.25) is 0 Å². The number of hydrogen-bond acceptors (Lipinski definition) is 3. The zero-order chi connectivity index (χ0) is 14.9. The Labute approximate surface area is 117 Å². The molecule has 2 N–H and O–H groups in total. The number of rotatable bonds is 2. The summed E-state index contributed by atoms with van der Waals surface area (Å²) in [7, 11) is 0. The Bertz CT molecular complexity index is 511. The second-order valence-electron chi connectivity index (χ2n) is 5.28. The largest absolute Gasteiger partial charge is 0.396 e. The van der Waals surface area contributed by atoms with Crippen LogP contribution in [0.4, 0.5) is 14.5 Å². The monoisotopic (exact) mass is 283 g/mol. The van der Waals surface area contributed by atoms with Crippen LogP contribution in [-0.4, -0.2) is 47.9 Å². The average Bonchev–Trinajstić information content (AvgIpc) is 2.42. The highest BCUT2D eigenvalue weighted by Gasteiger charge is 2.25. The van der Waals surface area contributed by atoms with E-state index in [0.717, 1.165) is 19.2 Å². The highest BCUT2D eigenvalue weighted by atomic mass is 19.1. The molecule has 0 unspecified atom stereocenters. The molecule has 0 spiro atoms. The first kappa shape index (κ1) is 14.7. The molecular formula is C14H19F2N3O. The van der Waals surface area contributed by atoms with Crippen LogP contribution in [0.5, 0.6) is 0 Å². The van der Waals surface area contributed by atoms with Gasteiger partial charge in [0, 0.05) is 38.3 Å². The topological polar surface area (TPSA) is 49.6 Å². The van der Waals surface area contributed by atoms with Crippen molar-refractivity contribution in [2.24, 2.45) is 0 Å². The molecule has 2 rings (SSSR count). The van der Waals surface area contributed by atoms with Gasteiger partial charge in [0.25, 0.3) is 5.91 Å². The number of carbonyl (C=O) groups is 1. The van der Waals surface area contributed by atoms with E-state index in [-0.39, 0.29) is 11.3 Å². The Morgan fingerprint density at radius 2 is 1.75 bits per heavy atom. The zero-order valence-electron chi connectivity index (χ0n) is 11.7. The molecule has 1 aromatic rings. The molecule has 1 heterocycles. The Hall–Kier alpha value is -1.69.